The van der Waals surface area contributed by atoms with E-state index in [0.717, 1.165) is 12.1 Å². The fourth-order valence-corrected chi connectivity index (χ4v) is 1.23. The lowest BCUT2D eigenvalue weighted by atomic mass is 10.0. The quantitative estimate of drug-likeness (QED) is 0.833. The molecule has 0 spiro atoms. The van der Waals surface area contributed by atoms with Crippen molar-refractivity contribution >= 4 is 0 Å². The van der Waals surface area contributed by atoms with Gasteiger partial charge in [-0.2, -0.15) is 0 Å². The Hall–Kier alpha value is -1.00. The lowest BCUT2D eigenvalue weighted by molar-refractivity contribution is 0.000370. The first kappa shape index (κ1) is 12.1. The smallest absolute Gasteiger partial charge is 0.159 e. The van der Waals surface area contributed by atoms with Crippen molar-refractivity contribution in [1.29, 1.82) is 0 Å². The number of aliphatic hydroxyl groups excluding tert-OH is 1. The van der Waals surface area contributed by atoms with Crippen molar-refractivity contribution < 1.29 is 18.6 Å². The summed E-state index contributed by atoms with van der Waals surface area (Å²) in [5, 5.41) is 9.59. The van der Waals surface area contributed by atoms with E-state index < -0.39 is 17.7 Å². The molecule has 2 atom stereocenters. The van der Waals surface area contributed by atoms with Gasteiger partial charge in [0.25, 0.3) is 0 Å². The van der Waals surface area contributed by atoms with Gasteiger partial charge in [-0.25, -0.2) is 8.78 Å². The average Bonchev–Trinajstić information content (AvgIpc) is 2.22. The number of aliphatic hydroxyl groups is 1. The molecule has 0 saturated carbocycles. The van der Waals surface area contributed by atoms with E-state index in [1.54, 1.807) is 6.92 Å². The van der Waals surface area contributed by atoms with E-state index in [-0.39, 0.29) is 12.5 Å². The number of halogens is 2. The number of hydrogen-bond acceptors (Lipinski definition) is 2. The first-order valence-corrected chi connectivity index (χ1v) is 4.69. The molecule has 1 aromatic carbocycles. The molecule has 0 aliphatic rings. The Morgan fingerprint density at radius 3 is 2.53 bits per heavy atom. The Bertz CT molecular complexity index is 328. The second kappa shape index (κ2) is 5.19. The third kappa shape index (κ3) is 3.25. The van der Waals surface area contributed by atoms with E-state index in [2.05, 4.69) is 0 Å². The van der Waals surface area contributed by atoms with Crippen LogP contribution in [-0.4, -0.2) is 24.4 Å². The topological polar surface area (TPSA) is 29.5 Å². The van der Waals surface area contributed by atoms with Gasteiger partial charge in [0.1, 0.15) is 0 Å². The Kier molecular flexibility index (Phi) is 4.17. The number of rotatable bonds is 4. The zero-order valence-electron chi connectivity index (χ0n) is 8.71. The molecule has 15 heavy (non-hydrogen) atoms. The summed E-state index contributed by atoms with van der Waals surface area (Å²) in [5.74, 6) is -1.78. The molecule has 0 amide bonds. The summed E-state index contributed by atoms with van der Waals surface area (Å²) in [5.41, 5.74) is 0.547. The van der Waals surface area contributed by atoms with Gasteiger partial charge in [-0.05, 0) is 24.6 Å². The highest BCUT2D eigenvalue weighted by Crippen LogP contribution is 2.12. The van der Waals surface area contributed by atoms with Crippen LogP contribution in [-0.2, 0) is 11.2 Å². The summed E-state index contributed by atoms with van der Waals surface area (Å²) in [6.45, 7) is 1.71. The molecule has 0 aliphatic heterocycles. The van der Waals surface area contributed by atoms with E-state index in [1.807, 2.05) is 0 Å². The largest absolute Gasteiger partial charge is 0.390 e. The highest BCUT2D eigenvalue weighted by atomic mass is 19.2. The molecule has 2 unspecified atom stereocenters. The Morgan fingerprint density at radius 1 is 1.33 bits per heavy atom. The van der Waals surface area contributed by atoms with Crippen molar-refractivity contribution in [2.75, 3.05) is 7.11 Å². The fourth-order valence-electron chi connectivity index (χ4n) is 1.23. The van der Waals surface area contributed by atoms with Gasteiger partial charge in [0, 0.05) is 13.5 Å². The van der Waals surface area contributed by atoms with Crippen LogP contribution in [0.2, 0.25) is 0 Å². The summed E-state index contributed by atoms with van der Waals surface area (Å²) >= 11 is 0. The average molecular weight is 216 g/mol. The molecule has 84 valence electrons. The van der Waals surface area contributed by atoms with Gasteiger partial charge in [0.2, 0.25) is 0 Å². The molecular formula is C11H14F2O2. The van der Waals surface area contributed by atoms with Gasteiger partial charge >= 0.3 is 0 Å². The van der Waals surface area contributed by atoms with Crippen molar-refractivity contribution in [3.8, 4) is 0 Å². The summed E-state index contributed by atoms with van der Waals surface area (Å²) in [6, 6.07) is 3.58. The first-order chi connectivity index (χ1) is 7.04. The van der Waals surface area contributed by atoms with Crippen LogP contribution in [0, 0.1) is 11.6 Å². The van der Waals surface area contributed by atoms with Gasteiger partial charge in [-0.3, -0.25) is 0 Å². The van der Waals surface area contributed by atoms with Crippen molar-refractivity contribution in [2.45, 2.75) is 25.6 Å². The second-order valence-electron chi connectivity index (χ2n) is 3.46. The Balaban J connectivity index is 2.68. The van der Waals surface area contributed by atoms with Gasteiger partial charge in [0.05, 0.1) is 12.2 Å². The van der Waals surface area contributed by atoms with Crippen molar-refractivity contribution in [2.24, 2.45) is 0 Å². The van der Waals surface area contributed by atoms with Crippen molar-refractivity contribution in [1.82, 2.24) is 0 Å². The number of ether oxygens (including phenoxy) is 1. The lowest BCUT2D eigenvalue weighted by Gasteiger charge is -2.17. The van der Waals surface area contributed by atoms with Crippen LogP contribution in [0.4, 0.5) is 8.78 Å². The SMILES string of the molecule is COC(C)C(O)Cc1ccc(F)c(F)c1. The fraction of sp³-hybridized carbons (Fsp3) is 0.455. The van der Waals surface area contributed by atoms with Crippen molar-refractivity contribution in [3.05, 3.63) is 35.4 Å². The van der Waals surface area contributed by atoms with Crippen LogP contribution >= 0.6 is 0 Å². The van der Waals surface area contributed by atoms with Crippen LogP contribution in [0.5, 0.6) is 0 Å². The van der Waals surface area contributed by atoms with E-state index in [9.17, 15) is 13.9 Å². The molecule has 4 heteroatoms. The number of hydrogen-bond donors (Lipinski definition) is 1. The minimum Gasteiger partial charge on any atom is -0.390 e. The molecule has 0 heterocycles. The molecule has 2 nitrogen and oxygen atoms in total. The van der Waals surface area contributed by atoms with Crippen molar-refractivity contribution in [3.63, 3.8) is 0 Å². The highest BCUT2D eigenvalue weighted by molar-refractivity contribution is 5.18. The number of benzene rings is 1. The predicted octanol–water partition coefficient (Wildman–Crippen LogP) is 1.90. The Morgan fingerprint density at radius 2 is 2.00 bits per heavy atom. The number of methoxy groups -OCH3 is 1. The minimum atomic E-state index is -0.898. The third-order valence-corrected chi connectivity index (χ3v) is 2.34. The van der Waals surface area contributed by atoms with E-state index in [4.69, 9.17) is 4.74 Å². The molecule has 1 aromatic rings. The second-order valence-corrected chi connectivity index (χ2v) is 3.46. The molecule has 0 radical (unpaired) electrons. The van der Waals surface area contributed by atoms with Crippen LogP contribution in [0.3, 0.4) is 0 Å². The predicted molar refractivity (Wildman–Crippen MR) is 52.5 cm³/mol. The molecule has 0 fully saturated rings. The molecule has 0 aromatic heterocycles. The zero-order valence-corrected chi connectivity index (χ0v) is 8.71. The van der Waals surface area contributed by atoms with E-state index in [1.165, 1.54) is 13.2 Å². The maximum Gasteiger partial charge on any atom is 0.159 e. The molecule has 0 aliphatic carbocycles. The molecule has 0 saturated heterocycles. The molecule has 1 rings (SSSR count). The third-order valence-electron chi connectivity index (χ3n) is 2.34. The summed E-state index contributed by atoms with van der Waals surface area (Å²) < 4.78 is 30.3. The molecular weight excluding hydrogens is 202 g/mol. The first-order valence-electron chi connectivity index (χ1n) is 4.69. The van der Waals surface area contributed by atoms with Crippen LogP contribution in [0.1, 0.15) is 12.5 Å². The monoisotopic (exact) mass is 216 g/mol. The van der Waals surface area contributed by atoms with Crippen LogP contribution in [0.25, 0.3) is 0 Å². The summed E-state index contributed by atoms with van der Waals surface area (Å²) in [4.78, 5) is 0. The highest BCUT2D eigenvalue weighted by Gasteiger charge is 2.14. The Labute approximate surface area is 87.5 Å². The maximum atomic E-state index is 12.8. The van der Waals surface area contributed by atoms with E-state index >= 15 is 0 Å². The standard InChI is InChI=1S/C11H14F2O2/c1-7(15-2)11(14)6-8-3-4-9(12)10(13)5-8/h3-5,7,11,14H,6H2,1-2H3. The zero-order chi connectivity index (χ0) is 11.4. The van der Waals surface area contributed by atoms with E-state index in [0.29, 0.717) is 5.56 Å². The summed E-state index contributed by atoms with van der Waals surface area (Å²) in [6.07, 6.45) is -0.815. The van der Waals surface area contributed by atoms with Gasteiger partial charge in [-0.15, -0.1) is 0 Å². The maximum absolute atomic E-state index is 12.8. The summed E-state index contributed by atoms with van der Waals surface area (Å²) in [7, 11) is 1.49. The normalized spacial score (nSPS) is 15.0. The van der Waals surface area contributed by atoms with Gasteiger partial charge in [-0.1, -0.05) is 6.07 Å². The van der Waals surface area contributed by atoms with Gasteiger partial charge in [0.15, 0.2) is 11.6 Å². The van der Waals surface area contributed by atoms with Gasteiger partial charge < -0.3 is 9.84 Å². The van der Waals surface area contributed by atoms with Crippen LogP contribution < -0.4 is 0 Å². The lowest BCUT2D eigenvalue weighted by Crippen LogP contribution is -2.26. The molecule has 0 bridgehead atoms. The molecule has 1 N–H and O–H groups in total. The minimum absolute atomic E-state index is 0.242. The van der Waals surface area contributed by atoms with Crippen LogP contribution in [0.15, 0.2) is 18.2 Å².